The molecule has 1 aromatic heterocycles. The molecule has 0 saturated carbocycles. The van der Waals surface area contributed by atoms with Gasteiger partial charge in [-0.05, 0) is 38.5 Å². The molecule has 0 amide bonds. The summed E-state index contributed by atoms with van der Waals surface area (Å²) < 4.78 is 29.1. The van der Waals surface area contributed by atoms with Gasteiger partial charge in [-0.1, -0.05) is 6.07 Å². The zero-order valence-corrected chi connectivity index (χ0v) is 12.8. The Labute approximate surface area is 124 Å². The minimum absolute atomic E-state index is 0.0317. The lowest BCUT2D eigenvalue weighted by Crippen LogP contribution is -2.18. The van der Waals surface area contributed by atoms with E-state index in [1.54, 1.807) is 29.8 Å². The quantitative estimate of drug-likeness (QED) is 0.939. The number of aromatic nitrogens is 2. The first-order valence-electron chi connectivity index (χ1n) is 6.42. The predicted octanol–water partition coefficient (Wildman–Crippen LogP) is 2.44. The van der Waals surface area contributed by atoms with Crippen LogP contribution >= 0.6 is 0 Å². The molecule has 1 aromatic carbocycles. The molecule has 0 aliphatic heterocycles. The largest absolute Gasteiger partial charge is 0.264 e. The number of hydrogen-bond donors (Lipinski definition) is 1. The van der Waals surface area contributed by atoms with Crippen molar-refractivity contribution in [2.24, 2.45) is 0 Å². The summed E-state index contributed by atoms with van der Waals surface area (Å²) in [4.78, 5) is 0.0954. The normalized spacial score (nSPS) is 11.4. The van der Waals surface area contributed by atoms with Gasteiger partial charge in [-0.2, -0.15) is 10.4 Å². The number of anilines is 1. The van der Waals surface area contributed by atoms with Crippen LogP contribution in [0.25, 0.3) is 0 Å². The smallest absolute Gasteiger partial charge is 0.263 e. The highest BCUT2D eigenvalue weighted by molar-refractivity contribution is 7.92. The topological polar surface area (TPSA) is 87.8 Å². The van der Waals surface area contributed by atoms with Gasteiger partial charge < -0.3 is 0 Å². The first-order chi connectivity index (χ1) is 9.85. The first-order valence-corrected chi connectivity index (χ1v) is 7.90. The molecule has 0 aliphatic carbocycles. The second-order valence-corrected chi connectivity index (χ2v) is 6.60. The van der Waals surface area contributed by atoms with E-state index in [2.05, 4.69) is 9.82 Å². The molecule has 2 aromatic rings. The lowest BCUT2D eigenvalue weighted by Gasteiger charge is -2.14. The van der Waals surface area contributed by atoms with Crippen LogP contribution in [-0.2, 0) is 10.0 Å². The van der Waals surface area contributed by atoms with Crippen LogP contribution < -0.4 is 4.72 Å². The molecule has 1 heterocycles. The molecule has 0 fully saturated rings. The van der Waals surface area contributed by atoms with Crippen LogP contribution in [0.5, 0.6) is 0 Å². The summed E-state index contributed by atoms with van der Waals surface area (Å²) in [5.74, 6) is 0.395. The molecule has 0 spiro atoms. The maximum Gasteiger partial charge on any atom is 0.263 e. The highest BCUT2D eigenvalue weighted by Crippen LogP contribution is 2.22. The number of benzene rings is 1. The summed E-state index contributed by atoms with van der Waals surface area (Å²) >= 11 is 0. The second kappa shape index (κ2) is 5.58. The van der Waals surface area contributed by atoms with E-state index in [0.717, 1.165) is 0 Å². The minimum atomic E-state index is -3.76. The molecule has 0 atom stereocenters. The third kappa shape index (κ3) is 3.06. The van der Waals surface area contributed by atoms with E-state index in [1.807, 2.05) is 19.9 Å². The van der Waals surface area contributed by atoms with Gasteiger partial charge >= 0.3 is 0 Å². The van der Waals surface area contributed by atoms with Crippen LogP contribution in [-0.4, -0.2) is 18.2 Å². The Morgan fingerprint density at radius 1 is 1.33 bits per heavy atom. The number of rotatable bonds is 4. The second-order valence-electron chi connectivity index (χ2n) is 4.95. The van der Waals surface area contributed by atoms with Gasteiger partial charge in [0.1, 0.15) is 5.82 Å². The van der Waals surface area contributed by atoms with Crippen LogP contribution in [0, 0.1) is 18.3 Å². The van der Waals surface area contributed by atoms with Gasteiger partial charge in [0.05, 0.1) is 22.7 Å². The van der Waals surface area contributed by atoms with Crippen molar-refractivity contribution in [3.8, 4) is 6.07 Å². The van der Waals surface area contributed by atoms with E-state index in [0.29, 0.717) is 16.9 Å². The van der Waals surface area contributed by atoms with Crippen molar-refractivity contribution in [2.75, 3.05) is 4.72 Å². The molecule has 0 bridgehead atoms. The molecule has 0 aliphatic rings. The molecular formula is C14H16N4O2S. The Morgan fingerprint density at radius 2 is 2.05 bits per heavy atom. The lowest BCUT2D eigenvalue weighted by molar-refractivity contribution is 0.539. The van der Waals surface area contributed by atoms with E-state index in [9.17, 15) is 8.42 Å². The zero-order valence-electron chi connectivity index (χ0n) is 12.0. The van der Waals surface area contributed by atoms with Crippen LogP contribution in [0.3, 0.4) is 0 Å². The molecule has 21 heavy (non-hydrogen) atoms. The van der Waals surface area contributed by atoms with E-state index >= 15 is 0 Å². The molecule has 0 unspecified atom stereocenters. The van der Waals surface area contributed by atoms with Gasteiger partial charge in [0.25, 0.3) is 10.0 Å². The number of hydrogen-bond acceptors (Lipinski definition) is 4. The van der Waals surface area contributed by atoms with Gasteiger partial charge in [0.15, 0.2) is 0 Å². The van der Waals surface area contributed by atoms with Crippen molar-refractivity contribution < 1.29 is 8.42 Å². The number of sulfonamides is 1. The van der Waals surface area contributed by atoms with Gasteiger partial charge in [-0.15, -0.1) is 0 Å². The van der Waals surface area contributed by atoms with E-state index in [4.69, 9.17) is 5.26 Å². The Bertz CT molecular complexity index is 801. The molecular weight excluding hydrogens is 288 g/mol. The van der Waals surface area contributed by atoms with E-state index in [1.165, 1.54) is 12.3 Å². The minimum Gasteiger partial charge on any atom is -0.264 e. The maximum absolute atomic E-state index is 12.5. The first kappa shape index (κ1) is 15.1. The van der Waals surface area contributed by atoms with Crippen molar-refractivity contribution >= 4 is 15.8 Å². The maximum atomic E-state index is 12.5. The Kier molecular flexibility index (Phi) is 4.00. The number of nitrogens with zero attached hydrogens (tertiary/aromatic N) is 3. The molecule has 0 radical (unpaired) electrons. The van der Waals surface area contributed by atoms with Crippen LogP contribution in [0.1, 0.15) is 31.0 Å². The van der Waals surface area contributed by atoms with Gasteiger partial charge in [-0.3, -0.25) is 4.72 Å². The molecule has 7 heteroatoms. The third-order valence-corrected chi connectivity index (χ3v) is 4.50. The number of nitrogens with one attached hydrogen (secondary N) is 1. The fourth-order valence-corrected chi connectivity index (χ4v) is 3.28. The lowest BCUT2D eigenvalue weighted by atomic mass is 10.2. The molecule has 110 valence electrons. The summed E-state index contributed by atoms with van der Waals surface area (Å²) in [6, 6.07) is 8.15. The van der Waals surface area contributed by atoms with Crippen LogP contribution in [0.15, 0.2) is 35.4 Å². The fraction of sp³-hybridized carbons (Fsp3) is 0.286. The van der Waals surface area contributed by atoms with E-state index in [-0.39, 0.29) is 10.9 Å². The Balaban J connectivity index is 2.44. The third-order valence-electron chi connectivity index (χ3n) is 3.01. The summed E-state index contributed by atoms with van der Waals surface area (Å²) in [6.45, 7) is 5.51. The number of aryl methyl sites for hydroxylation is 1. The van der Waals surface area contributed by atoms with Crippen molar-refractivity contribution in [1.29, 1.82) is 5.26 Å². The Morgan fingerprint density at radius 3 is 2.67 bits per heavy atom. The fourth-order valence-electron chi connectivity index (χ4n) is 1.96. The molecule has 2 rings (SSSR count). The summed E-state index contributed by atoms with van der Waals surface area (Å²) in [5, 5.41) is 13.0. The van der Waals surface area contributed by atoms with Crippen LogP contribution in [0.4, 0.5) is 5.82 Å². The SMILES string of the molecule is Cc1ccc(C#N)cc1S(=O)(=O)Nc1ccnn1C(C)C. The van der Waals surface area contributed by atoms with Gasteiger partial charge in [0.2, 0.25) is 0 Å². The van der Waals surface area contributed by atoms with Crippen molar-refractivity contribution in [3.63, 3.8) is 0 Å². The van der Waals surface area contributed by atoms with Gasteiger partial charge in [0, 0.05) is 12.1 Å². The average Bonchev–Trinajstić information content (AvgIpc) is 2.86. The average molecular weight is 304 g/mol. The molecule has 6 nitrogen and oxygen atoms in total. The van der Waals surface area contributed by atoms with Crippen molar-refractivity contribution in [1.82, 2.24) is 9.78 Å². The number of nitriles is 1. The van der Waals surface area contributed by atoms with Crippen molar-refractivity contribution in [2.45, 2.75) is 31.7 Å². The standard InChI is InChI=1S/C14H16N4O2S/c1-10(2)18-14(6-7-16-18)17-21(19,20)13-8-12(9-15)5-4-11(13)3/h4-8,10,17H,1-3H3. The molecule has 0 saturated heterocycles. The summed E-state index contributed by atoms with van der Waals surface area (Å²) in [6.07, 6.45) is 1.54. The van der Waals surface area contributed by atoms with Crippen LogP contribution in [0.2, 0.25) is 0 Å². The summed E-state index contributed by atoms with van der Waals surface area (Å²) in [5.41, 5.74) is 0.885. The monoisotopic (exact) mass is 304 g/mol. The highest BCUT2D eigenvalue weighted by Gasteiger charge is 2.20. The van der Waals surface area contributed by atoms with E-state index < -0.39 is 10.0 Å². The Hall–Kier alpha value is -2.33. The van der Waals surface area contributed by atoms with Crippen molar-refractivity contribution in [3.05, 3.63) is 41.6 Å². The predicted molar refractivity (Wildman–Crippen MR) is 79.3 cm³/mol. The van der Waals surface area contributed by atoms with Gasteiger partial charge in [-0.25, -0.2) is 13.1 Å². The molecule has 1 N–H and O–H groups in total. The zero-order chi connectivity index (χ0) is 15.6. The summed E-state index contributed by atoms with van der Waals surface area (Å²) in [7, 11) is -3.76. The highest BCUT2D eigenvalue weighted by atomic mass is 32.2.